The van der Waals surface area contributed by atoms with Crippen LogP contribution in [0.4, 0.5) is 4.79 Å². The lowest BCUT2D eigenvalue weighted by atomic mass is 9.98. The molecule has 2 N–H and O–H groups in total. The van der Waals surface area contributed by atoms with Crippen LogP contribution in [0.1, 0.15) is 47.0 Å². The van der Waals surface area contributed by atoms with Crippen molar-refractivity contribution in [2.24, 2.45) is 11.8 Å². The van der Waals surface area contributed by atoms with E-state index in [-0.39, 0.29) is 12.7 Å². The van der Waals surface area contributed by atoms with Gasteiger partial charge in [0.1, 0.15) is 5.60 Å². The van der Waals surface area contributed by atoms with E-state index in [9.17, 15) is 4.79 Å². The minimum atomic E-state index is -0.429. The molecule has 0 aromatic heterocycles. The second-order valence-corrected chi connectivity index (χ2v) is 7.21. The zero-order chi connectivity index (χ0) is 15.9. The molecule has 2 unspecified atom stereocenters. The number of ether oxygens (including phenoxy) is 1. The van der Waals surface area contributed by atoms with Gasteiger partial charge in [0.05, 0.1) is 0 Å². The molecule has 0 radical (unpaired) electrons. The fourth-order valence-electron chi connectivity index (χ4n) is 2.58. The van der Waals surface area contributed by atoms with Gasteiger partial charge < -0.3 is 20.1 Å². The first-order valence-corrected chi connectivity index (χ1v) is 8.11. The molecule has 1 fully saturated rings. The molecule has 124 valence electrons. The number of nitrogens with one attached hydrogen (secondary N) is 1. The van der Waals surface area contributed by atoms with Gasteiger partial charge >= 0.3 is 6.09 Å². The van der Waals surface area contributed by atoms with E-state index in [1.165, 1.54) is 0 Å². The smallest absolute Gasteiger partial charge is 0.410 e. The Labute approximate surface area is 129 Å². The number of rotatable bonds is 6. The second kappa shape index (κ2) is 8.59. The third-order valence-electron chi connectivity index (χ3n) is 3.72. The summed E-state index contributed by atoms with van der Waals surface area (Å²) in [4.78, 5) is 13.9. The summed E-state index contributed by atoms with van der Waals surface area (Å²) >= 11 is 0. The van der Waals surface area contributed by atoms with E-state index in [0.717, 1.165) is 45.4 Å². The predicted molar refractivity (Wildman–Crippen MR) is 84.3 cm³/mol. The highest BCUT2D eigenvalue weighted by molar-refractivity contribution is 5.68. The van der Waals surface area contributed by atoms with E-state index in [2.05, 4.69) is 12.2 Å². The maximum Gasteiger partial charge on any atom is 0.410 e. The molecule has 0 saturated carbocycles. The van der Waals surface area contributed by atoms with Gasteiger partial charge in [-0.25, -0.2) is 4.79 Å². The number of amides is 1. The molecule has 5 heteroatoms. The maximum atomic E-state index is 12.1. The topological polar surface area (TPSA) is 61.8 Å². The third kappa shape index (κ3) is 7.67. The molecule has 1 aliphatic heterocycles. The van der Waals surface area contributed by atoms with Crippen LogP contribution in [0, 0.1) is 11.8 Å². The van der Waals surface area contributed by atoms with Crippen molar-refractivity contribution in [3.05, 3.63) is 0 Å². The van der Waals surface area contributed by atoms with Crippen LogP contribution in [0.25, 0.3) is 0 Å². The Bertz CT molecular complexity index is 315. The Balaban J connectivity index is 2.30. The third-order valence-corrected chi connectivity index (χ3v) is 3.72. The maximum absolute atomic E-state index is 12.1. The summed E-state index contributed by atoms with van der Waals surface area (Å²) in [5.41, 5.74) is -0.429. The van der Waals surface area contributed by atoms with Crippen molar-refractivity contribution >= 4 is 6.09 Å². The number of nitrogens with zero attached hydrogens (tertiary/aromatic N) is 1. The van der Waals surface area contributed by atoms with Crippen molar-refractivity contribution in [1.82, 2.24) is 10.2 Å². The van der Waals surface area contributed by atoms with Gasteiger partial charge in [-0.3, -0.25) is 0 Å². The van der Waals surface area contributed by atoms with Crippen LogP contribution in [0.15, 0.2) is 0 Å². The number of hydrogen-bond acceptors (Lipinski definition) is 4. The van der Waals surface area contributed by atoms with Gasteiger partial charge in [-0.2, -0.15) is 0 Å². The summed E-state index contributed by atoms with van der Waals surface area (Å²) in [7, 11) is 0. The molecule has 1 saturated heterocycles. The summed E-state index contributed by atoms with van der Waals surface area (Å²) in [6, 6.07) is 0. The van der Waals surface area contributed by atoms with Gasteiger partial charge in [-0.05, 0) is 65.0 Å². The monoisotopic (exact) mass is 300 g/mol. The number of aliphatic hydroxyl groups excluding tert-OH is 1. The molecule has 0 aliphatic carbocycles. The van der Waals surface area contributed by atoms with Crippen molar-refractivity contribution in [1.29, 1.82) is 0 Å². The van der Waals surface area contributed by atoms with Gasteiger partial charge in [0.15, 0.2) is 0 Å². The minimum absolute atomic E-state index is 0.194. The highest BCUT2D eigenvalue weighted by atomic mass is 16.6. The molecule has 1 rings (SSSR count). The van der Waals surface area contributed by atoms with Gasteiger partial charge in [0.25, 0.3) is 0 Å². The zero-order valence-corrected chi connectivity index (χ0v) is 14.0. The molecule has 0 bridgehead atoms. The molecule has 1 amide bonds. The Morgan fingerprint density at radius 1 is 1.48 bits per heavy atom. The van der Waals surface area contributed by atoms with E-state index in [1.807, 2.05) is 25.7 Å². The van der Waals surface area contributed by atoms with Crippen LogP contribution in [0.5, 0.6) is 0 Å². The molecule has 0 spiro atoms. The molecule has 0 aromatic rings. The Morgan fingerprint density at radius 3 is 2.81 bits per heavy atom. The molecule has 5 nitrogen and oxygen atoms in total. The van der Waals surface area contributed by atoms with E-state index in [1.54, 1.807) is 0 Å². The number of carbonyl (C=O) groups is 1. The largest absolute Gasteiger partial charge is 0.444 e. The van der Waals surface area contributed by atoms with Crippen molar-refractivity contribution in [2.75, 3.05) is 32.8 Å². The Morgan fingerprint density at radius 2 is 2.19 bits per heavy atom. The van der Waals surface area contributed by atoms with Crippen LogP contribution < -0.4 is 5.32 Å². The lowest BCUT2D eigenvalue weighted by Crippen LogP contribution is -2.45. The first-order valence-electron chi connectivity index (χ1n) is 8.11. The van der Waals surface area contributed by atoms with E-state index in [4.69, 9.17) is 9.84 Å². The Kier molecular flexibility index (Phi) is 7.46. The van der Waals surface area contributed by atoms with Gasteiger partial charge in [-0.1, -0.05) is 6.92 Å². The lowest BCUT2D eigenvalue weighted by molar-refractivity contribution is 0.0166. The van der Waals surface area contributed by atoms with Gasteiger partial charge in [-0.15, -0.1) is 0 Å². The predicted octanol–water partition coefficient (Wildman–Crippen LogP) is 2.24. The van der Waals surface area contributed by atoms with Crippen molar-refractivity contribution in [3.8, 4) is 0 Å². The summed E-state index contributed by atoms with van der Waals surface area (Å²) in [5, 5.41) is 12.3. The highest BCUT2D eigenvalue weighted by Crippen LogP contribution is 2.19. The number of likely N-dealkylation sites (tertiary alicyclic amines) is 1. The average molecular weight is 300 g/mol. The number of aliphatic hydroxyl groups is 1. The van der Waals surface area contributed by atoms with Crippen LogP contribution in [-0.4, -0.2) is 54.5 Å². The van der Waals surface area contributed by atoms with Crippen molar-refractivity contribution < 1.29 is 14.6 Å². The van der Waals surface area contributed by atoms with Crippen molar-refractivity contribution in [3.63, 3.8) is 0 Å². The zero-order valence-electron chi connectivity index (χ0n) is 14.0. The average Bonchev–Trinajstić information content (AvgIpc) is 2.37. The van der Waals surface area contributed by atoms with E-state index in [0.29, 0.717) is 11.8 Å². The minimum Gasteiger partial charge on any atom is -0.444 e. The lowest BCUT2D eigenvalue weighted by Gasteiger charge is -2.34. The van der Waals surface area contributed by atoms with Gasteiger partial charge in [0, 0.05) is 19.7 Å². The summed E-state index contributed by atoms with van der Waals surface area (Å²) in [6.07, 6.45) is 2.83. The number of piperidine rings is 1. The molecule has 1 heterocycles. The van der Waals surface area contributed by atoms with Crippen LogP contribution in [-0.2, 0) is 4.74 Å². The fourth-order valence-corrected chi connectivity index (χ4v) is 2.58. The highest BCUT2D eigenvalue weighted by Gasteiger charge is 2.27. The van der Waals surface area contributed by atoms with E-state index >= 15 is 0 Å². The standard InChI is InChI=1S/C16H32N2O3/c1-13(7-9-19)10-17-11-14-6-5-8-18(12-14)15(20)21-16(2,3)4/h13-14,17,19H,5-12H2,1-4H3. The van der Waals surface area contributed by atoms with Crippen LogP contribution in [0.2, 0.25) is 0 Å². The quantitative estimate of drug-likeness (QED) is 0.790. The normalized spacial score (nSPS) is 21.2. The number of carbonyl (C=O) groups excluding carboxylic acids is 1. The SMILES string of the molecule is CC(CCO)CNCC1CCCN(C(=O)OC(C)(C)C)C1. The first kappa shape index (κ1) is 18.2. The van der Waals surface area contributed by atoms with Crippen LogP contribution >= 0.6 is 0 Å². The first-order chi connectivity index (χ1) is 9.81. The van der Waals surface area contributed by atoms with Crippen LogP contribution in [0.3, 0.4) is 0 Å². The number of hydrogen-bond donors (Lipinski definition) is 2. The van der Waals surface area contributed by atoms with Crippen molar-refractivity contribution in [2.45, 2.75) is 52.6 Å². The second-order valence-electron chi connectivity index (χ2n) is 7.21. The molecular formula is C16H32N2O3. The molecular weight excluding hydrogens is 268 g/mol. The van der Waals surface area contributed by atoms with E-state index < -0.39 is 5.60 Å². The summed E-state index contributed by atoms with van der Waals surface area (Å²) in [5.74, 6) is 0.980. The molecule has 0 aromatic carbocycles. The molecule has 1 aliphatic rings. The molecule has 2 atom stereocenters. The molecule has 21 heavy (non-hydrogen) atoms. The fraction of sp³-hybridized carbons (Fsp3) is 0.938. The summed E-state index contributed by atoms with van der Waals surface area (Å²) in [6.45, 7) is 11.5. The summed E-state index contributed by atoms with van der Waals surface area (Å²) < 4.78 is 5.44. The van der Waals surface area contributed by atoms with Gasteiger partial charge in [0.2, 0.25) is 0 Å². The Hall–Kier alpha value is -0.810.